The SMILES string of the molecule is N#CN=C(Nc1cccc(Cl)c1Cl)Nc1nsc(S(N)(=O)=O)c1O. The molecule has 0 bridgehead atoms. The molecule has 0 unspecified atom stereocenters. The fraction of sp³-hybridized carbons (Fsp3) is 0. The summed E-state index contributed by atoms with van der Waals surface area (Å²) in [5.41, 5.74) is 0.326. The maximum atomic E-state index is 11.3. The predicted octanol–water partition coefficient (Wildman–Crippen LogP) is 2.16. The third-order valence-electron chi connectivity index (χ3n) is 2.50. The van der Waals surface area contributed by atoms with Gasteiger partial charge in [0.05, 0.1) is 15.7 Å². The number of hydrogen-bond donors (Lipinski definition) is 4. The third kappa shape index (κ3) is 4.05. The quantitative estimate of drug-likeness (QED) is 0.345. The van der Waals surface area contributed by atoms with E-state index in [9.17, 15) is 13.5 Å². The van der Waals surface area contributed by atoms with Gasteiger partial charge in [0.25, 0.3) is 10.0 Å². The van der Waals surface area contributed by atoms with Crippen LogP contribution in [-0.2, 0) is 10.0 Å². The summed E-state index contributed by atoms with van der Waals surface area (Å²) in [5, 5.41) is 29.2. The van der Waals surface area contributed by atoms with E-state index in [1.807, 2.05) is 0 Å². The summed E-state index contributed by atoms with van der Waals surface area (Å²) in [6.45, 7) is 0. The van der Waals surface area contributed by atoms with Crippen molar-refractivity contribution in [2.75, 3.05) is 10.6 Å². The number of nitrogens with zero attached hydrogens (tertiary/aromatic N) is 3. The highest BCUT2D eigenvalue weighted by Crippen LogP contribution is 2.34. The highest BCUT2D eigenvalue weighted by atomic mass is 35.5. The van der Waals surface area contributed by atoms with Crippen LogP contribution in [0.4, 0.5) is 11.5 Å². The largest absolute Gasteiger partial charge is 0.503 e. The van der Waals surface area contributed by atoms with Gasteiger partial charge < -0.3 is 15.7 Å². The number of halogens is 2. The summed E-state index contributed by atoms with van der Waals surface area (Å²) in [6, 6.07) is 4.74. The Hall–Kier alpha value is -2.10. The van der Waals surface area contributed by atoms with Crippen LogP contribution in [0, 0.1) is 11.5 Å². The molecule has 0 aliphatic rings. The van der Waals surface area contributed by atoms with Gasteiger partial charge in [0, 0.05) is 0 Å². The molecule has 2 rings (SSSR count). The number of anilines is 2. The molecule has 0 fully saturated rings. The van der Waals surface area contributed by atoms with Crippen LogP contribution in [0.3, 0.4) is 0 Å². The average molecular weight is 407 g/mol. The molecule has 0 saturated carbocycles. The lowest BCUT2D eigenvalue weighted by Crippen LogP contribution is -2.22. The number of aromatic nitrogens is 1. The van der Waals surface area contributed by atoms with E-state index in [2.05, 4.69) is 20.0 Å². The van der Waals surface area contributed by atoms with Gasteiger partial charge in [-0.05, 0) is 23.7 Å². The molecule has 5 N–H and O–H groups in total. The van der Waals surface area contributed by atoms with Gasteiger partial charge >= 0.3 is 0 Å². The smallest absolute Gasteiger partial charge is 0.252 e. The zero-order valence-electron chi connectivity index (χ0n) is 11.5. The summed E-state index contributed by atoms with van der Waals surface area (Å²) in [4.78, 5) is 3.47. The second kappa shape index (κ2) is 7.20. The number of hydrogen-bond acceptors (Lipinski definition) is 7. The molecule has 13 heteroatoms. The molecule has 9 nitrogen and oxygen atoms in total. The van der Waals surface area contributed by atoms with Crippen molar-refractivity contribution in [1.29, 1.82) is 5.26 Å². The number of aliphatic imine (C=N–C) groups is 1. The molecule has 0 spiro atoms. The first kappa shape index (κ1) is 18.2. The van der Waals surface area contributed by atoms with Crippen molar-refractivity contribution in [3.63, 3.8) is 0 Å². The number of benzene rings is 1. The molecule has 0 radical (unpaired) electrons. The van der Waals surface area contributed by atoms with Crippen LogP contribution in [-0.4, -0.2) is 23.9 Å². The molecule has 0 amide bonds. The zero-order chi connectivity index (χ0) is 17.9. The normalized spacial score (nSPS) is 11.8. The van der Waals surface area contributed by atoms with Gasteiger partial charge in [0.2, 0.25) is 12.2 Å². The fourth-order valence-electron chi connectivity index (χ4n) is 1.52. The molecule has 24 heavy (non-hydrogen) atoms. The van der Waals surface area contributed by atoms with Gasteiger partial charge in [0.15, 0.2) is 15.8 Å². The number of nitriles is 1. The number of aromatic hydroxyl groups is 1. The monoisotopic (exact) mass is 406 g/mol. The minimum absolute atomic E-state index is 0.164. The number of rotatable bonds is 3. The minimum Gasteiger partial charge on any atom is -0.503 e. The fourth-order valence-corrected chi connectivity index (χ4v) is 3.25. The van der Waals surface area contributed by atoms with E-state index >= 15 is 0 Å². The third-order valence-corrected chi connectivity index (χ3v) is 5.58. The topological polar surface area (TPSA) is 153 Å². The van der Waals surface area contributed by atoms with Gasteiger partial charge in [-0.2, -0.15) is 9.64 Å². The van der Waals surface area contributed by atoms with Crippen molar-refractivity contribution >= 4 is 62.2 Å². The molecule has 0 aliphatic carbocycles. The number of nitrogens with one attached hydrogen (secondary N) is 2. The zero-order valence-corrected chi connectivity index (χ0v) is 14.6. The Morgan fingerprint density at radius 1 is 1.42 bits per heavy atom. The molecule has 1 aromatic heterocycles. The predicted molar refractivity (Wildman–Crippen MR) is 91.9 cm³/mol. The Labute approximate surface area is 150 Å². The van der Waals surface area contributed by atoms with Crippen LogP contribution in [0.25, 0.3) is 0 Å². The Kier molecular flexibility index (Phi) is 5.47. The first-order valence-electron chi connectivity index (χ1n) is 5.90. The van der Waals surface area contributed by atoms with Crippen molar-refractivity contribution in [3.8, 4) is 11.9 Å². The van der Waals surface area contributed by atoms with Crippen molar-refractivity contribution in [2.24, 2.45) is 10.1 Å². The molecule has 2 aromatic rings. The summed E-state index contributed by atoms with van der Waals surface area (Å²) < 4.78 is 25.8. The molecule has 0 atom stereocenters. The highest BCUT2D eigenvalue weighted by molar-refractivity contribution is 7.91. The van der Waals surface area contributed by atoms with Crippen molar-refractivity contribution in [1.82, 2.24) is 4.37 Å². The molecule has 0 aliphatic heterocycles. The second-order valence-electron chi connectivity index (χ2n) is 4.12. The van der Waals surface area contributed by atoms with Crippen molar-refractivity contribution < 1.29 is 13.5 Å². The Morgan fingerprint density at radius 3 is 2.71 bits per heavy atom. The summed E-state index contributed by atoms with van der Waals surface area (Å²) in [5.74, 6) is -1.10. The van der Waals surface area contributed by atoms with Crippen LogP contribution in [0.1, 0.15) is 0 Å². The van der Waals surface area contributed by atoms with E-state index < -0.39 is 20.0 Å². The van der Waals surface area contributed by atoms with Crippen LogP contribution < -0.4 is 15.8 Å². The van der Waals surface area contributed by atoms with E-state index in [0.29, 0.717) is 17.2 Å². The van der Waals surface area contributed by atoms with Gasteiger partial charge in [-0.3, -0.25) is 0 Å². The molecular formula is C11H8Cl2N6O3S2. The van der Waals surface area contributed by atoms with E-state index in [1.54, 1.807) is 18.2 Å². The summed E-state index contributed by atoms with van der Waals surface area (Å²) in [7, 11) is -4.13. The van der Waals surface area contributed by atoms with Gasteiger partial charge in [-0.25, -0.2) is 13.6 Å². The second-order valence-corrected chi connectivity index (χ2v) is 7.44. The number of guanidine groups is 1. The maximum absolute atomic E-state index is 11.3. The number of nitrogens with two attached hydrogens (primary N) is 1. The lowest BCUT2D eigenvalue weighted by atomic mass is 10.3. The molecule has 1 aromatic carbocycles. The van der Waals surface area contributed by atoms with E-state index in [-0.39, 0.29) is 21.8 Å². The van der Waals surface area contributed by atoms with Crippen molar-refractivity contribution in [3.05, 3.63) is 28.2 Å². The first-order chi connectivity index (χ1) is 11.2. The van der Waals surface area contributed by atoms with Crippen LogP contribution >= 0.6 is 34.7 Å². The average Bonchev–Trinajstić information content (AvgIpc) is 2.85. The lowest BCUT2D eigenvalue weighted by Gasteiger charge is -2.11. The number of sulfonamides is 1. The van der Waals surface area contributed by atoms with Crippen LogP contribution in [0.2, 0.25) is 10.0 Å². The van der Waals surface area contributed by atoms with Gasteiger partial charge in [-0.1, -0.05) is 29.3 Å². The first-order valence-corrected chi connectivity index (χ1v) is 8.98. The van der Waals surface area contributed by atoms with Gasteiger partial charge in [0.1, 0.15) is 0 Å². The van der Waals surface area contributed by atoms with Crippen molar-refractivity contribution in [2.45, 2.75) is 4.21 Å². The summed E-state index contributed by atoms with van der Waals surface area (Å²) >= 11 is 12.4. The standard InChI is InChI=1S/C11H8Cl2N6O3S2/c12-5-2-1-3-6(7(5)13)17-11(16-4-14)18-9-8(20)10(23-19-9)24(15,21)22/h1-3,20H,(H2,15,21,22)(H2,16,17,18,19). The molecular weight excluding hydrogens is 399 g/mol. The van der Waals surface area contributed by atoms with E-state index in [1.165, 1.54) is 6.19 Å². The summed E-state index contributed by atoms with van der Waals surface area (Å²) in [6.07, 6.45) is 1.54. The Bertz CT molecular complexity index is 951. The highest BCUT2D eigenvalue weighted by Gasteiger charge is 2.22. The van der Waals surface area contributed by atoms with E-state index in [0.717, 1.165) is 0 Å². The minimum atomic E-state index is -4.13. The Morgan fingerprint density at radius 2 is 2.12 bits per heavy atom. The Balaban J connectivity index is 2.31. The van der Waals surface area contributed by atoms with E-state index in [4.69, 9.17) is 33.6 Å². The van der Waals surface area contributed by atoms with Crippen LogP contribution in [0.5, 0.6) is 5.75 Å². The molecule has 0 saturated heterocycles. The maximum Gasteiger partial charge on any atom is 0.252 e. The molecule has 126 valence electrons. The number of primary sulfonamides is 1. The van der Waals surface area contributed by atoms with Gasteiger partial charge in [-0.15, -0.1) is 4.99 Å². The lowest BCUT2D eigenvalue weighted by molar-refractivity contribution is 0.465. The molecule has 1 heterocycles. The van der Waals surface area contributed by atoms with Crippen LogP contribution in [0.15, 0.2) is 27.4 Å².